The van der Waals surface area contributed by atoms with Crippen molar-refractivity contribution in [2.45, 2.75) is 31.2 Å². The molecule has 0 aliphatic heterocycles. The fourth-order valence-electron chi connectivity index (χ4n) is 3.43. The van der Waals surface area contributed by atoms with E-state index in [1.165, 1.54) is 13.8 Å². The monoisotopic (exact) mass is 434 g/mol. The molecule has 2 heterocycles. The third kappa shape index (κ3) is 4.11. The first kappa shape index (κ1) is 20.9. The number of aromatic nitrogens is 4. The molecule has 0 aliphatic rings. The van der Waals surface area contributed by atoms with Gasteiger partial charge in [-0.25, -0.2) is 0 Å². The summed E-state index contributed by atoms with van der Waals surface area (Å²) in [6.07, 6.45) is 1.89. The minimum Gasteiger partial charge on any atom is -0.494 e. The van der Waals surface area contributed by atoms with Gasteiger partial charge in [0.1, 0.15) is 11.0 Å². The van der Waals surface area contributed by atoms with Crippen LogP contribution in [0.2, 0.25) is 0 Å². The van der Waals surface area contributed by atoms with Crippen molar-refractivity contribution in [1.82, 2.24) is 19.7 Å². The largest absolute Gasteiger partial charge is 0.494 e. The fraction of sp³-hybridized carbons (Fsp3) is 0.217. The number of thioether (sulfide) groups is 1. The fourth-order valence-corrected chi connectivity index (χ4v) is 4.35. The molecule has 0 aliphatic carbocycles. The third-order valence-corrected chi connectivity index (χ3v) is 6.21. The molecule has 1 N–H and O–H groups in total. The zero-order valence-corrected chi connectivity index (χ0v) is 18.3. The third-order valence-electron chi connectivity index (χ3n) is 4.83. The van der Waals surface area contributed by atoms with Crippen LogP contribution in [0.1, 0.15) is 20.8 Å². The van der Waals surface area contributed by atoms with Crippen molar-refractivity contribution in [2.24, 2.45) is 0 Å². The SMILES string of the molecule is CCOc1ccc(-n2c(SC(C(C)=O)C(C)=O)nnc2-c2c[nH]c3ccccc23)cc1. The zero-order chi connectivity index (χ0) is 22.0. The Morgan fingerprint density at radius 1 is 1.06 bits per heavy atom. The van der Waals surface area contributed by atoms with E-state index in [1.807, 2.05) is 66.2 Å². The van der Waals surface area contributed by atoms with E-state index in [-0.39, 0.29) is 11.6 Å². The van der Waals surface area contributed by atoms with Crippen molar-refractivity contribution >= 4 is 34.2 Å². The highest BCUT2D eigenvalue weighted by molar-refractivity contribution is 8.01. The van der Waals surface area contributed by atoms with E-state index in [4.69, 9.17) is 4.74 Å². The second-order valence-electron chi connectivity index (χ2n) is 7.04. The summed E-state index contributed by atoms with van der Waals surface area (Å²) in [4.78, 5) is 27.3. The quantitative estimate of drug-likeness (QED) is 0.325. The Bertz CT molecular complexity index is 1230. The van der Waals surface area contributed by atoms with Gasteiger partial charge in [-0.05, 0) is 51.1 Å². The standard InChI is InChI=1S/C23H22N4O3S/c1-4-30-17-11-9-16(10-12-17)27-22(19-13-24-20-8-6-5-7-18(19)20)25-26-23(27)31-21(14(2)28)15(3)29/h5-13,21,24H,4H2,1-3H3. The van der Waals surface area contributed by atoms with Crippen LogP contribution in [-0.4, -0.2) is 43.2 Å². The van der Waals surface area contributed by atoms with Gasteiger partial charge in [0.25, 0.3) is 0 Å². The number of ether oxygens (including phenoxy) is 1. The van der Waals surface area contributed by atoms with Gasteiger partial charge in [-0.1, -0.05) is 30.0 Å². The van der Waals surface area contributed by atoms with E-state index in [9.17, 15) is 9.59 Å². The summed E-state index contributed by atoms with van der Waals surface area (Å²) in [5.41, 5.74) is 2.67. The van der Waals surface area contributed by atoms with E-state index in [0.717, 1.165) is 39.7 Å². The minimum atomic E-state index is -0.832. The molecule has 0 unspecified atom stereocenters. The van der Waals surface area contributed by atoms with Gasteiger partial charge in [0.2, 0.25) is 0 Å². The Morgan fingerprint density at radius 3 is 2.45 bits per heavy atom. The first-order valence-electron chi connectivity index (χ1n) is 9.92. The van der Waals surface area contributed by atoms with Crippen molar-refractivity contribution in [2.75, 3.05) is 6.61 Å². The lowest BCUT2D eigenvalue weighted by Gasteiger charge is -2.13. The summed E-state index contributed by atoms with van der Waals surface area (Å²) in [5, 5.41) is 9.43. The lowest BCUT2D eigenvalue weighted by Crippen LogP contribution is -2.22. The van der Waals surface area contributed by atoms with Crippen LogP contribution in [0.3, 0.4) is 0 Å². The highest BCUT2D eigenvalue weighted by Crippen LogP contribution is 2.34. The van der Waals surface area contributed by atoms with Crippen LogP contribution >= 0.6 is 11.8 Å². The molecule has 0 atom stereocenters. The summed E-state index contributed by atoms with van der Waals surface area (Å²) in [5.74, 6) is 0.947. The van der Waals surface area contributed by atoms with Crippen LogP contribution < -0.4 is 4.74 Å². The number of carbonyl (C=O) groups is 2. The summed E-state index contributed by atoms with van der Waals surface area (Å²) < 4.78 is 7.43. The molecule has 4 rings (SSSR count). The summed E-state index contributed by atoms with van der Waals surface area (Å²) in [6.45, 7) is 5.34. The number of hydrogen-bond donors (Lipinski definition) is 1. The molecule has 0 radical (unpaired) electrons. The summed E-state index contributed by atoms with van der Waals surface area (Å²) in [6, 6.07) is 15.5. The maximum Gasteiger partial charge on any atom is 0.197 e. The average molecular weight is 435 g/mol. The van der Waals surface area contributed by atoms with Gasteiger partial charge >= 0.3 is 0 Å². The number of H-pyrrole nitrogens is 1. The van der Waals surface area contributed by atoms with Crippen LogP contribution in [0.15, 0.2) is 59.9 Å². The molecule has 31 heavy (non-hydrogen) atoms. The number of carbonyl (C=O) groups excluding carboxylic acids is 2. The van der Waals surface area contributed by atoms with Gasteiger partial charge in [0.15, 0.2) is 22.5 Å². The molecule has 4 aromatic rings. The summed E-state index contributed by atoms with van der Waals surface area (Å²) in [7, 11) is 0. The molecule has 0 amide bonds. The second kappa shape index (κ2) is 8.77. The molecule has 0 saturated carbocycles. The number of nitrogens with zero attached hydrogens (tertiary/aromatic N) is 3. The highest BCUT2D eigenvalue weighted by Gasteiger charge is 2.26. The number of hydrogen-bond acceptors (Lipinski definition) is 6. The average Bonchev–Trinajstić information content (AvgIpc) is 3.36. The van der Waals surface area contributed by atoms with Crippen LogP contribution in [0.25, 0.3) is 28.0 Å². The lowest BCUT2D eigenvalue weighted by atomic mass is 10.1. The van der Waals surface area contributed by atoms with E-state index < -0.39 is 5.25 Å². The Hall–Kier alpha value is -3.39. The molecule has 0 fully saturated rings. The highest BCUT2D eigenvalue weighted by atomic mass is 32.2. The van der Waals surface area contributed by atoms with Gasteiger partial charge in [-0.3, -0.25) is 14.2 Å². The van der Waals surface area contributed by atoms with Crippen molar-refractivity contribution in [3.05, 3.63) is 54.7 Å². The van der Waals surface area contributed by atoms with Crippen molar-refractivity contribution < 1.29 is 14.3 Å². The Morgan fingerprint density at radius 2 is 1.77 bits per heavy atom. The molecular formula is C23H22N4O3S. The van der Waals surface area contributed by atoms with Gasteiger partial charge in [0.05, 0.1) is 12.3 Å². The topological polar surface area (TPSA) is 89.9 Å². The molecule has 7 nitrogen and oxygen atoms in total. The van der Waals surface area contributed by atoms with Crippen LogP contribution in [0.5, 0.6) is 5.75 Å². The number of nitrogens with one attached hydrogen (secondary N) is 1. The second-order valence-corrected chi connectivity index (χ2v) is 8.11. The number of fused-ring (bicyclic) bond motifs is 1. The Kier molecular flexibility index (Phi) is 5.90. The molecule has 0 spiro atoms. The van der Waals surface area contributed by atoms with Gasteiger partial charge in [-0.2, -0.15) is 0 Å². The molecule has 2 aromatic carbocycles. The Labute approximate surface area is 183 Å². The molecular weight excluding hydrogens is 412 g/mol. The van der Waals surface area contributed by atoms with Crippen LogP contribution in [0.4, 0.5) is 0 Å². The molecule has 2 aromatic heterocycles. The predicted octanol–water partition coefficient (Wildman–Crippen LogP) is 4.45. The number of para-hydroxylation sites is 1. The number of ketones is 2. The number of aromatic amines is 1. The summed E-state index contributed by atoms with van der Waals surface area (Å²) >= 11 is 1.11. The van der Waals surface area contributed by atoms with E-state index >= 15 is 0 Å². The molecule has 0 saturated heterocycles. The molecule has 158 valence electrons. The normalized spacial score (nSPS) is 11.2. The predicted molar refractivity (Wildman–Crippen MR) is 121 cm³/mol. The zero-order valence-electron chi connectivity index (χ0n) is 17.5. The van der Waals surface area contributed by atoms with Crippen molar-refractivity contribution in [3.8, 4) is 22.8 Å². The maximum atomic E-state index is 12.0. The minimum absolute atomic E-state index is 0.215. The Balaban J connectivity index is 1.86. The smallest absolute Gasteiger partial charge is 0.197 e. The maximum absolute atomic E-state index is 12.0. The number of Topliss-reactive ketones (excluding diaryl/α,β-unsaturated/α-hetero) is 2. The van der Waals surface area contributed by atoms with Gasteiger partial charge in [-0.15, -0.1) is 10.2 Å². The number of benzene rings is 2. The van der Waals surface area contributed by atoms with Crippen LogP contribution in [-0.2, 0) is 9.59 Å². The van der Waals surface area contributed by atoms with Gasteiger partial charge < -0.3 is 9.72 Å². The molecule has 8 heteroatoms. The van der Waals surface area contributed by atoms with E-state index in [2.05, 4.69) is 15.2 Å². The number of rotatable bonds is 8. The van der Waals surface area contributed by atoms with E-state index in [1.54, 1.807) is 0 Å². The first-order valence-corrected chi connectivity index (χ1v) is 10.8. The molecule has 0 bridgehead atoms. The first-order chi connectivity index (χ1) is 15.0. The van der Waals surface area contributed by atoms with Crippen molar-refractivity contribution in [3.63, 3.8) is 0 Å². The van der Waals surface area contributed by atoms with Gasteiger partial charge in [0, 0.05) is 22.7 Å². The van der Waals surface area contributed by atoms with E-state index in [0.29, 0.717) is 17.6 Å². The van der Waals surface area contributed by atoms with Crippen LogP contribution in [0, 0.1) is 0 Å². The van der Waals surface area contributed by atoms with Crippen molar-refractivity contribution in [1.29, 1.82) is 0 Å². The lowest BCUT2D eigenvalue weighted by molar-refractivity contribution is -0.123.